The number of carbonyl (C=O) groups is 1. The predicted octanol–water partition coefficient (Wildman–Crippen LogP) is 5.85. The lowest BCUT2D eigenvalue weighted by Gasteiger charge is -2.42. The number of hydrogen-bond donors (Lipinski definition) is 0. The van der Waals surface area contributed by atoms with E-state index in [2.05, 4.69) is 35.8 Å². The van der Waals surface area contributed by atoms with E-state index in [0.717, 1.165) is 57.7 Å². The summed E-state index contributed by atoms with van der Waals surface area (Å²) in [6.45, 7) is 9.19. The van der Waals surface area contributed by atoms with Gasteiger partial charge in [-0.05, 0) is 73.7 Å². The van der Waals surface area contributed by atoms with Gasteiger partial charge in [0, 0.05) is 25.6 Å². The molecule has 2 aromatic rings. The Morgan fingerprint density at radius 3 is 2.38 bits per heavy atom. The van der Waals surface area contributed by atoms with Crippen LogP contribution in [-0.2, 0) is 22.5 Å². The molecule has 0 unspecified atom stereocenters. The maximum atomic E-state index is 11.8. The zero-order valence-electron chi connectivity index (χ0n) is 19.2. The molecule has 4 rings (SSSR count). The number of ether oxygens (including phenoxy) is 1. The van der Waals surface area contributed by atoms with Crippen molar-refractivity contribution in [2.75, 3.05) is 38.2 Å². The maximum Gasteiger partial charge on any atom is 0.308 e. The lowest BCUT2D eigenvalue weighted by atomic mass is 9.86. The second kappa shape index (κ2) is 10.0. The molecule has 0 aromatic heterocycles. The molecule has 0 atom stereocenters. The number of nitrogens with zero attached hydrogens (tertiary/aromatic N) is 2. The van der Waals surface area contributed by atoms with Gasteiger partial charge < -0.3 is 9.64 Å². The summed E-state index contributed by atoms with van der Waals surface area (Å²) in [5.74, 6) is 0.488. The summed E-state index contributed by atoms with van der Waals surface area (Å²) >= 11 is 12.8. The van der Waals surface area contributed by atoms with Crippen LogP contribution in [-0.4, -0.2) is 44.2 Å². The topological polar surface area (TPSA) is 32.8 Å². The van der Waals surface area contributed by atoms with Crippen molar-refractivity contribution in [3.63, 3.8) is 0 Å². The quantitative estimate of drug-likeness (QED) is 0.491. The summed E-state index contributed by atoms with van der Waals surface area (Å²) in [6.07, 6.45) is 2.79. The van der Waals surface area contributed by atoms with Crippen LogP contribution in [0.3, 0.4) is 0 Å². The largest absolute Gasteiger partial charge is 0.469 e. The van der Waals surface area contributed by atoms with Crippen LogP contribution in [0.4, 0.5) is 5.69 Å². The van der Waals surface area contributed by atoms with E-state index in [-0.39, 0.29) is 11.9 Å². The van der Waals surface area contributed by atoms with Crippen LogP contribution in [0, 0.1) is 12.8 Å². The molecule has 0 amide bonds. The van der Waals surface area contributed by atoms with Crippen molar-refractivity contribution in [3.8, 4) is 0 Å². The molecule has 0 N–H and O–H groups in total. The summed E-state index contributed by atoms with van der Waals surface area (Å²) in [4.78, 5) is 16.6. The molecular weight excluding hydrogens is 443 g/mol. The average molecular weight is 475 g/mol. The fraction of sp³-hybridized carbons (Fsp3) is 0.500. The number of esters is 1. The van der Waals surface area contributed by atoms with E-state index in [1.165, 1.54) is 29.4 Å². The zero-order chi connectivity index (χ0) is 22.8. The number of rotatable bonds is 6. The van der Waals surface area contributed by atoms with Gasteiger partial charge in [0.25, 0.3) is 0 Å². The number of likely N-dealkylation sites (tertiary alicyclic amines) is 1. The molecule has 2 heterocycles. The van der Waals surface area contributed by atoms with Gasteiger partial charge in [0.2, 0.25) is 0 Å². The highest BCUT2D eigenvalue weighted by Gasteiger charge is 2.32. The van der Waals surface area contributed by atoms with E-state index in [9.17, 15) is 4.79 Å². The van der Waals surface area contributed by atoms with E-state index in [4.69, 9.17) is 27.9 Å². The standard InChI is InChI=1S/C26H32Cl2N2O2/c1-4-18-13-20(21-14-30(15-21)25-23(27)6-5-7-24(25)28)12-17(2)22(18)16-29-10-8-19(9-11-29)26(31)32-3/h5-7,12-13,19,21H,4,8-11,14-16H2,1-3H3. The Bertz CT molecular complexity index is 960. The number of piperidine rings is 1. The molecule has 6 heteroatoms. The van der Waals surface area contributed by atoms with Crippen molar-refractivity contribution >= 4 is 34.9 Å². The van der Waals surface area contributed by atoms with Crippen LogP contribution in [0.2, 0.25) is 10.0 Å². The van der Waals surface area contributed by atoms with Crippen LogP contribution in [0.15, 0.2) is 30.3 Å². The Hall–Kier alpha value is -1.75. The van der Waals surface area contributed by atoms with E-state index in [1.54, 1.807) is 0 Å². The SMILES string of the molecule is CCc1cc(C2CN(c3c(Cl)cccc3Cl)C2)cc(C)c1CN1CCC(C(=O)OC)CC1. The predicted molar refractivity (Wildman–Crippen MR) is 132 cm³/mol. The van der Waals surface area contributed by atoms with Gasteiger partial charge in [-0.25, -0.2) is 0 Å². The number of methoxy groups -OCH3 is 1. The third-order valence-corrected chi connectivity index (χ3v) is 7.69. The number of aryl methyl sites for hydroxylation is 2. The first-order chi connectivity index (χ1) is 15.4. The van der Waals surface area contributed by atoms with E-state index >= 15 is 0 Å². The van der Waals surface area contributed by atoms with Crippen LogP contribution in [0.5, 0.6) is 0 Å². The first-order valence-corrected chi connectivity index (χ1v) is 12.3. The molecular formula is C26H32Cl2N2O2. The molecule has 0 bridgehead atoms. The number of halogens is 2. The smallest absolute Gasteiger partial charge is 0.308 e. The molecule has 4 nitrogen and oxygen atoms in total. The van der Waals surface area contributed by atoms with Crippen molar-refractivity contribution < 1.29 is 9.53 Å². The summed E-state index contributed by atoms with van der Waals surface area (Å²) < 4.78 is 4.92. The monoisotopic (exact) mass is 474 g/mol. The fourth-order valence-corrected chi connectivity index (χ4v) is 5.71. The number of para-hydroxylation sites is 1. The lowest BCUT2D eigenvalue weighted by Crippen LogP contribution is -2.45. The number of hydrogen-bond acceptors (Lipinski definition) is 4. The third kappa shape index (κ3) is 4.78. The minimum Gasteiger partial charge on any atom is -0.469 e. The minimum absolute atomic E-state index is 0.0542. The van der Waals surface area contributed by atoms with Gasteiger partial charge in [-0.3, -0.25) is 9.69 Å². The second-order valence-corrected chi connectivity index (χ2v) is 9.89. The fourth-order valence-electron chi connectivity index (χ4n) is 5.08. The van der Waals surface area contributed by atoms with E-state index in [0.29, 0.717) is 16.0 Å². The van der Waals surface area contributed by atoms with E-state index < -0.39 is 0 Å². The summed E-state index contributed by atoms with van der Waals surface area (Å²) in [5.41, 5.74) is 6.60. The van der Waals surface area contributed by atoms with Gasteiger partial charge >= 0.3 is 5.97 Å². The van der Waals surface area contributed by atoms with Gasteiger partial charge in [0.15, 0.2) is 0 Å². The molecule has 172 valence electrons. The normalized spacial score (nSPS) is 18.0. The van der Waals surface area contributed by atoms with Crippen LogP contribution >= 0.6 is 23.2 Å². The minimum atomic E-state index is -0.0629. The molecule has 0 spiro atoms. The highest BCUT2D eigenvalue weighted by atomic mass is 35.5. The summed E-state index contributed by atoms with van der Waals surface area (Å²) in [6, 6.07) is 10.5. The van der Waals surface area contributed by atoms with Crippen LogP contribution < -0.4 is 4.90 Å². The van der Waals surface area contributed by atoms with Gasteiger partial charge in [-0.1, -0.05) is 48.3 Å². The Morgan fingerprint density at radius 2 is 1.78 bits per heavy atom. The number of benzene rings is 2. The lowest BCUT2D eigenvalue weighted by molar-refractivity contribution is -0.147. The second-order valence-electron chi connectivity index (χ2n) is 9.07. The molecule has 2 saturated heterocycles. The Morgan fingerprint density at radius 1 is 1.12 bits per heavy atom. The number of anilines is 1. The van der Waals surface area contributed by atoms with Crippen molar-refractivity contribution in [2.45, 2.75) is 45.6 Å². The Labute approximate surface area is 201 Å². The third-order valence-electron chi connectivity index (χ3n) is 7.08. The highest BCUT2D eigenvalue weighted by molar-refractivity contribution is 6.39. The van der Waals surface area contributed by atoms with Gasteiger partial charge in [0.1, 0.15) is 0 Å². The molecule has 32 heavy (non-hydrogen) atoms. The Kier molecular flexibility index (Phi) is 7.34. The van der Waals surface area contributed by atoms with Crippen molar-refractivity contribution in [1.29, 1.82) is 0 Å². The van der Waals surface area contributed by atoms with E-state index in [1.807, 2.05) is 18.2 Å². The Balaban J connectivity index is 1.43. The molecule has 0 radical (unpaired) electrons. The maximum absolute atomic E-state index is 11.8. The molecule has 2 fully saturated rings. The van der Waals surface area contributed by atoms with Gasteiger partial charge in [-0.15, -0.1) is 0 Å². The highest BCUT2D eigenvalue weighted by Crippen LogP contribution is 2.40. The molecule has 2 aliphatic heterocycles. The first-order valence-electron chi connectivity index (χ1n) is 11.5. The van der Waals surface area contributed by atoms with Crippen molar-refractivity contribution in [1.82, 2.24) is 4.90 Å². The molecule has 2 aliphatic rings. The van der Waals surface area contributed by atoms with Crippen molar-refractivity contribution in [2.24, 2.45) is 5.92 Å². The summed E-state index contributed by atoms with van der Waals surface area (Å²) in [5, 5.41) is 1.43. The zero-order valence-corrected chi connectivity index (χ0v) is 20.7. The molecule has 2 aromatic carbocycles. The van der Waals surface area contributed by atoms with Gasteiger partial charge in [0.05, 0.1) is 28.8 Å². The molecule has 0 saturated carbocycles. The van der Waals surface area contributed by atoms with Crippen LogP contribution in [0.25, 0.3) is 0 Å². The van der Waals surface area contributed by atoms with Gasteiger partial charge in [-0.2, -0.15) is 0 Å². The van der Waals surface area contributed by atoms with Crippen LogP contribution in [0.1, 0.15) is 47.9 Å². The molecule has 0 aliphatic carbocycles. The average Bonchev–Trinajstić information content (AvgIpc) is 2.76. The first kappa shape index (κ1) is 23.4. The van der Waals surface area contributed by atoms with Crippen molar-refractivity contribution in [3.05, 3.63) is 62.6 Å². The summed E-state index contributed by atoms with van der Waals surface area (Å²) in [7, 11) is 1.48. The number of carbonyl (C=O) groups excluding carboxylic acids is 1.